The molecular weight excluding hydrogens is 778 g/mol. The second-order valence-electron chi connectivity index (χ2n) is 14.7. The van der Waals surface area contributed by atoms with Gasteiger partial charge in [0.05, 0.1) is 28.2 Å². The van der Waals surface area contributed by atoms with Gasteiger partial charge in [-0.15, -0.1) is 22.9 Å². The van der Waals surface area contributed by atoms with E-state index >= 15 is 0 Å². The third kappa shape index (κ3) is 8.29. The number of thiophene rings is 1. The number of primary amides is 1. The number of Topliss-reactive ketones (excluding diaryl/α,β-unsaturated/α-hetero) is 1. The number of ketones is 1. The van der Waals surface area contributed by atoms with Gasteiger partial charge >= 0.3 is 0 Å². The number of carbonyl (C=O) groups is 5. The Hall–Kier alpha value is -6.12. The molecule has 0 spiro atoms. The minimum atomic E-state index is -0.523. The Morgan fingerprint density at radius 1 is 0.862 bits per heavy atom. The summed E-state index contributed by atoms with van der Waals surface area (Å²) in [7, 11) is 5.16. The van der Waals surface area contributed by atoms with E-state index in [0.29, 0.717) is 52.9 Å². The molecule has 6 aromatic rings. The van der Waals surface area contributed by atoms with Gasteiger partial charge in [0.25, 0.3) is 11.8 Å². The number of nitrogens with one attached hydrogen (secondary N) is 2. The lowest BCUT2D eigenvalue weighted by molar-refractivity contribution is -0.118. The first kappa shape index (κ1) is 40.1. The lowest BCUT2D eigenvalue weighted by Crippen LogP contribution is -2.31. The third-order valence-corrected chi connectivity index (χ3v) is 11.8. The first-order valence-electron chi connectivity index (χ1n) is 18.8. The maximum absolute atomic E-state index is 14.1. The molecular formula is C43H44ClN7O6S. The van der Waals surface area contributed by atoms with Gasteiger partial charge in [0.15, 0.2) is 5.78 Å². The highest BCUT2D eigenvalue weighted by atomic mass is 35.5. The van der Waals surface area contributed by atoms with Crippen LogP contribution in [-0.2, 0) is 50.2 Å². The van der Waals surface area contributed by atoms with E-state index in [1.807, 2.05) is 36.4 Å². The lowest BCUT2D eigenvalue weighted by atomic mass is 9.97. The molecule has 15 heteroatoms. The molecule has 58 heavy (non-hydrogen) atoms. The number of hydrogen-bond donors (Lipinski definition) is 3. The third-order valence-electron chi connectivity index (χ3n) is 10.4. The maximum atomic E-state index is 14.1. The van der Waals surface area contributed by atoms with Crippen LogP contribution in [0.3, 0.4) is 0 Å². The smallest absolute Gasteiger partial charge is 0.272 e. The van der Waals surface area contributed by atoms with Gasteiger partial charge in [-0.2, -0.15) is 0 Å². The van der Waals surface area contributed by atoms with Crippen LogP contribution in [0.5, 0.6) is 5.75 Å². The molecule has 5 heterocycles. The van der Waals surface area contributed by atoms with Crippen LogP contribution < -0.4 is 26.0 Å². The van der Waals surface area contributed by atoms with Gasteiger partial charge in [-0.25, -0.2) is 0 Å². The van der Waals surface area contributed by atoms with Crippen molar-refractivity contribution in [2.24, 2.45) is 26.9 Å². The molecule has 0 aliphatic carbocycles. The molecule has 0 saturated carbocycles. The number of carbonyl (C=O) groups excluding carboxylic acids is 5. The van der Waals surface area contributed by atoms with Crippen molar-refractivity contribution in [2.75, 3.05) is 29.2 Å². The minimum absolute atomic E-state index is 0.0133. The number of benzene rings is 2. The van der Waals surface area contributed by atoms with E-state index in [2.05, 4.69) is 22.9 Å². The molecule has 4 amide bonds. The van der Waals surface area contributed by atoms with Crippen molar-refractivity contribution in [3.63, 3.8) is 0 Å². The number of ether oxygens (including phenoxy) is 1. The maximum Gasteiger partial charge on any atom is 0.272 e. The van der Waals surface area contributed by atoms with Crippen LogP contribution in [0, 0.1) is 6.92 Å². The number of amides is 4. The Morgan fingerprint density at radius 2 is 1.53 bits per heavy atom. The van der Waals surface area contributed by atoms with Crippen molar-refractivity contribution in [3.05, 3.63) is 123 Å². The average Bonchev–Trinajstić information content (AvgIpc) is 4.01. The number of nitrogens with zero attached hydrogens (tertiary/aromatic N) is 4. The topological polar surface area (TPSA) is 163 Å². The van der Waals surface area contributed by atoms with Gasteiger partial charge < -0.3 is 39.7 Å². The molecule has 300 valence electrons. The highest BCUT2D eigenvalue weighted by Gasteiger charge is 2.36. The number of hydrogen-bond acceptors (Lipinski definition) is 7. The first-order valence-corrected chi connectivity index (χ1v) is 20.2. The summed E-state index contributed by atoms with van der Waals surface area (Å²) in [5.41, 5.74) is 12.0. The number of fused-ring (bicyclic) bond motifs is 3. The van der Waals surface area contributed by atoms with Gasteiger partial charge in [-0.1, -0.05) is 30.3 Å². The van der Waals surface area contributed by atoms with E-state index in [-0.39, 0.29) is 43.4 Å². The molecule has 0 radical (unpaired) electrons. The first-order chi connectivity index (χ1) is 27.8. The van der Waals surface area contributed by atoms with Gasteiger partial charge in [0, 0.05) is 88.9 Å². The molecule has 0 fully saturated rings. The zero-order chi connectivity index (χ0) is 41.2. The normalized spacial score (nSPS) is 13.5. The fraction of sp³-hybridized carbons (Fsp3) is 0.279. The SMILES string of the molecule is Cc1csc2c(OCc3ccccc3)cc3c(c12)[C@H](CCl)CN3C(=O)Cc1cc(C(=O)Cc2cc(C(=O)Nc3cc(C(=O)NCCC(N)=O)n(C)c3)n(C)c2)n(C)c1. The van der Waals surface area contributed by atoms with E-state index in [1.165, 1.54) is 6.07 Å². The van der Waals surface area contributed by atoms with Crippen molar-refractivity contribution in [1.82, 2.24) is 19.0 Å². The highest BCUT2D eigenvalue weighted by molar-refractivity contribution is 7.17. The highest BCUT2D eigenvalue weighted by Crippen LogP contribution is 2.49. The van der Waals surface area contributed by atoms with E-state index in [1.54, 1.807) is 81.8 Å². The van der Waals surface area contributed by atoms with Crippen LogP contribution >= 0.6 is 22.9 Å². The minimum Gasteiger partial charge on any atom is -0.487 e. The number of halogens is 1. The Balaban J connectivity index is 1.03. The number of aromatic nitrogens is 3. The summed E-state index contributed by atoms with van der Waals surface area (Å²) in [5, 5.41) is 8.64. The standard InChI is InChI=1S/C43H44ClN7O6S/c1-25-24-58-41-36(57-23-26-8-6-5-7-9-26)17-32-40(39(25)41)29(18-44)21-51(32)38(54)15-28-12-31(48(2)20-28)35(52)14-27-13-33(49(3)19-27)43(56)47-30-16-34(50(4)22-30)42(55)46-11-10-37(45)53/h5-9,12-13,16-17,19-20,22,24,29H,10-11,14-15,18,21,23H2,1-4H3,(H2,45,53)(H,46,55)(H,47,56)/t29-/m1/s1. The Morgan fingerprint density at radius 3 is 2.26 bits per heavy atom. The predicted molar refractivity (Wildman–Crippen MR) is 225 cm³/mol. The zero-order valence-corrected chi connectivity index (χ0v) is 34.2. The summed E-state index contributed by atoms with van der Waals surface area (Å²) in [5.74, 6) is -0.570. The van der Waals surface area contributed by atoms with E-state index in [0.717, 1.165) is 38.2 Å². The monoisotopic (exact) mass is 821 g/mol. The molecule has 13 nitrogen and oxygen atoms in total. The van der Waals surface area contributed by atoms with Gasteiger partial charge in [-0.05, 0) is 58.3 Å². The molecule has 0 saturated heterocycles. The quantitative estimate of drug-likeness (QED) is 0.0851. The summed E-state index contributed by atoms with van der Waals surface area (Å²) in [6.07, 6.45) is 5.27. The number of anilines is 2. The van der Waals surface area contributed by atoms with Crippen LogP contribution in [0.4, 0.5) is 11.4 Å². The Bertz CT molecular complexity index is 2570. The van der Waals surface area contributed by atoms with Gasteiger partial charge in [-0.3, -0.25) is 24.0 Å². The largest absolute Gasteiger partial charge is 0.487 e. The molecule has 4 N–H and O–H groups in total. The Labute approximate surface area is 344 Å². The molecule has 2 aromatic carbocycles. The summed E-state index contributed by atoms with van der Waals surface area (Å²) >= 11 is 8.17. The summed E-state index contributed by atoms with van der Waals surface area (Å²) in [4.78, 5) is 66.4. The van der Waals surface area contributed by atoms with Crippen LogP contribution in [0.25, 0.3) is 10.1 Å². The van der Waals surface area contributed by atoms with Crippen molar-refractivity contribution in [3.8, 4) is 5.75 Å². The molecule has 1 atom stereocenters. The fourth-order valence-electron chi connectivity index (χ4n) is 7.56. The fourth-order valence-corrected chi connectivity index (χ4v) is 8.85. The van der Waals surface area contributed by atoms with Crippen LogP contribution in [-0.4, -0.2) is 62.1 Å². The van der Waals surface area contributed by atoms with E-state index < -0.39 is 17.7 Å². The number of aryl methyl sites for hydroxylation is 4. The van der Waals surface area contributed by atoms with E-state index in [4.69, 9.17) is 22.1 Å². The van der Waals surface area contributed by atoms with Gasteiger partial charge in [0.1, 0.15) is 23.7 Å². The molecule has 7 rings (SSSR count). The summed E-state index contributed by atoms with van der Waals surface area (Å²) in [6, 6.07) is 16.9. The Kier molecular flexibility index (Phi) is 11.6. The van der Waals surface area contributed by atoms with Crippen LogP contribution in [0.2, 0.25) is 0 Å². The molecule has 1 aliphatic rings. The van der Waals surface area contributed by atoms with Crippen molar-refractivity contribution in [2.45, 2.75) is 38.7 Å². The van der Waals surface area contributed by atoms with Crippen molar-refractivity contribution in [1.29, 1.82) is 0 Å². The number of nitrogens with two attached hydrogens (primary N) is 1. The number of rotatable bonds is 15. The zero-order valence-electron chi connectivity index (χ0n) is 32.6. The van der Waals surface area contributed by atoms with Gasteiger partial charge in [0.2, 0.25) is 11.8 Å². The molecule has 1 aliphatic heterocycles. The van der Waals surface area contributed by atoms with Crippen LogP contribution in [0.1, 0.15) is 71.6 Å². The van der Waals surface area contributed by atoms with E-state index in [9.17, 15) is 24.0 Å². The predicted octanol–water partition coefficient (Wildman–Crippen LogP) is 6.00. The molecule has 0 unspecified atom stereocenters. The second kappa shape index (κ2) is 16.8. The molecule has 4 aromatic heterocycles. The molecule has 0 bridgehead atoms. The summed E-state index contributed by atoms with van der Waals surface area (Å²) < 4.78 is 12.4. The van der Waals surface area contributed by atoms with Crippen LogP contribution in [0.15, 0.2) is 78.6 Å². The van der Waals surface area contributed by atoms with Crippen molar-refractivity contribution >= 4 is 73.8 Å². The average molecular weight is 822 g/mol. The second-order valence-corrected chi connectivity index (χ2v) is 15.9. The van der Waals surface area contributed by atoms with Crippen molar-refractivity contribution < 1.29 is 28.7 Å². The summed E-state index contributed by atoms with van der Waals surface area (Å²) in [6.45, 7) is 3.02. The lowest BCUT2D eigenvalue weighted by Gasteiger charge is -2.19. The number of alkyl halides is 1.